The van der Waals surface area contributed by atoms with Crippen LogP contribution >= 0.6 is 0 Å². The van der Waals surface area contributed by atoms with Crippen molar-refractivity contribution in [3.8, 4) is 0 Å². The van der Waals surface area contributed by atoms with E-state index in [4.69, 9.17) is 15.3 Å². The van der Waals surface area contributed by atoms with Gasteiger partial charge in [0.1, 0.15) is 0 Å². The van der Waals surface area contributed by atoms with E-state index >= 15 is 0 Å². The number of hydrogen-bond acceptors (Lipinski definition) is 3. The molecule has 36 heavy (non-hydrogen) atoms. The van der Waals surface area contributed by atoms with Gasteiger partial charge in [-0.05, 0) is 39.0 Å². The maximum atomic E-state index is 5.05. The van der Waals surface area contributed by atoms with E-state index in [2.05, 4.69) is 128 Å². The standard InChI is InChI=1S/C25H40N6.C4H6.Mn/c1-16-13-19(23(4,5)6)26-29(16)22(30-17(2)14-20(27-30)24(7,8)9)31-18(3)15-21(28-31)25(10,11)12;1-3-4-2;/h13-15,22H,1-12H3;3-4H,1-2H2;. The molecule has 1 radical (unpaired) electrons. The van der Waals surface area contributed by atoms with Crippen LogP contribution in [0.2, 0.25) is 0 Å². The monoisotopic (exact) mass is 533 g/mol. The maximum Gasteiger partial charge on any atom is 0.238 e. The van der Waals surface area contributed by atoms with E-state index in [0.717, 1.165) is 34.2 Å². The average Bonchev–Trinajstić information content (AvgIpc) is 3.40. The molecule has 0 unspecified atom stereocenters. The summed E-state index contributed by atoms with van der Waals surface area (Å²) in [6.45, 7) is 32.8. The van der Waals surface area contributed by atoms with Crippen molar-refractivity contribution < 1.29 is 17.1 Å². The fourth-order valence-corrected chi connectivity index (χ4v) is 3.58. The second-order valence-electron chi connectivity index (χ2n) is 12.4. The Morgan fingerprint density at radius 1 is 0.583 bits per heavy atom. The first kappa shape index (κ1) is 31.7. The van der Waals surface area contributed by atoms with Crippen LogP contribution in [0.5, 0.6) is 0 Å². The zero-order valence-corrected chi connectivity index (χ0v) is 25.6. The molecule has 0 bridgehead atoms. The zero-order chi connectivity index (χ0) is 26.9. The van der Waals surface area contributed by atoms with Crippen molar-refractivity contribution in [1.29, 1.82) is 0 Å². The fraction of sp³-hybridized carbons (Fsp3) is 0.552. The third-order valence-electron chi connectivity index (χ3n) is 5.90. The minimum atomic E-state index is -0.303. The van der Waals surface area contributed by atoms with Crippen LogP contribution in [-0.2, 0) is 33.3 Å². The number of aryl methyl sites for hydroxylation is 3. The van der Waals surface area contributed by atoms with E-state index in [1.54, 1.807) is 12.2 Å². The second-order valence-corrected chi connectivity index (χ2v) is 12.4. The number of aromatic nitrogens is 6. The molecule has 3 aromatic heterocycles. The van der Waals surface area contributed by atoms with Gasteiger partial charge in [-0.15, -0.1) is 0 Å². The Hall–Kier alpha value is -2.37. The van der Waals surface area contributed by atoms with E-state index in [9.17, 15) is 0 Å². The van der Waals surface area contributed by atoms with Crippen molar-refractivity contribution in [2.45, 2.75) is 106 Å². The van der Waals surface area contributed by atoms with Gasteiger partial charge in [0, 0.05) is 50.4 Å². The van der Waals surface area contributed by atoms with Gasteiger partial charge in [-0.2, -0.15) is 15.3 Å². The molecule has 0 aliphatic heterocycles. The van der Waals surface area contributed by atoms with Crippen LogP contribution < -0.4 is 0 Å². The minimum absolute atomic E-state index is 0. The van der Waals surface area contributed by atoms with E-state index in [1.807, 2.05) is 0 Å². The molecule has 0 aliphatic carbocycles. The predicted octanol–water partition coefficient (Wildman–Crippen LogP) is 7.00. The summed E-state index contributed by atoms with van der Waals surface area (Å²) >= 11 is 0. The second kappa shape index (κ2) is 11.3. The molecule has 0 N–H and O–H groups in total. The summed E-state index contributed by atoms with van der Waals surface area (Å²) in [7, 11) is 0. The third-order valence-corrected chi connectivity index (χ3v) is 5.90. The molecule has 0 aromatic carbocycles. The molecule has 0 fully saturated rings. The molecular formula is C29H46MnN6. The quantitative estimate of drug-likeness (QED) is 0.268. The van der Waals surface area contributed by atoms with Gasteiger partial charge in [-0.1, -0.05) is 87.6 Å². The molecule has 0 saturated heterocycles. The van der Waals surface area contributed by atoms with Gasteiger partial charge >= 0.3 is 0 Å². The number of rotatable bonds is 4. The van der Waals surface area contributed by atoms with Crippen molar-refractivity contribution >= 4 is 0 Å². The molecule has 0 spiro atoms. The summed E-state index contributed by atoms with van der Waals surface area (Å²) in [5, 5.41) is 15.2. The molecule has 0 aliphatic rings. The molecule has 6 nitrogen and oxygen atoms in total. The smallest absolute Gasteiger partial charge is 0.224 e. The fourth-order valence-electron chi connectivity index (χ4n) is 3.58. The Labute approximate surface area is 229 Å². The number of allylic oxidation sites excluding steroid dienone is 2. The largest absolute Gasteiger partial charge is 0.238 e. The average molecular weight is 534 g/mol. The minimum Gasteiger partial charge on any atom is -0.224 e. The molecule has 199 valence electrons. The maximum absolute atomic E-state index is 5.05. The summed E-state index contributed by atoms with van der Waals surface area (Å²) in [5.41, 5.74) is 6.37. The van der Waals surface area contributed by atoms with Crippen LogP contribution in [-0.4, -0.2) is 29.3 Å². The summed E-state index contributed by atoms with van der Waals surface area (Å²) in [6, 6.07) is 6.54. The Morgan fingerprint density at radius 2 is 0.806 bits per heavy atom. The van der Waals surface area contributed by atoms with Crippen LogP contribution in [0.1, 0.15) is 103 Å². The van der Waals surface area contributed by atoms with Crippen LogP contribution in [0.4, 0.5) is 0 Å². The van der Waals surface area contributed by atoms with Gasteiger partial charge in [0.05, 0.1) is 17.1 Å². The van der Waals surface area contributed by atoms with Crippen LogP contribution in [0, 0.1) is 20.8 Å². The predicted molar refractivity (Wildman–Crippen MR) is 147 cm³/mol. The van der Waals surface area contributed by atoms with Crippen molar-refractivity contribution in [3.05, 3.63) is 77.7 Å². The van der Waals surface area contributed by atoms with Gasteiger partial charge in [-0.25, -0.2) is 14.0 Å². The van der Waals surface area contributed by atoms with Gasteiger partial charge < -0.3 is 0 Å². The first-order chi connectivity index (χ1) is 15.9. The van der Waals surface area contributed by atoms with Crippen LogP contribution in [0.15, 0.2) is 43.5 Å². The van der Waals surface area contributed by atoms with Crippen molar-refractivity contribution in [2.75, 3.05) is 0 Å². The summed E-state index contributed by atoms with van der Waals surface area (Å²) < 4.78 is 6.21. The topological polar surface area (TPSA) is 53.5 Å². The molecule has 0 saturated carbocycles. The Bertz CT molecular complexity index is 1030. The van der Waals surface area contributed by atoms with Gasteiger partial charge in [0.25, 0.3) is 0 Å². The van der Waals surface area contributed by atoms with Crippen molar-refractivity contribution in [1.82, 2.24) is 29.3 Å². The molecule has 3 rings (SSSR count). The summed E-state index contributed by atoms with van der Waals surface area (Å²) in [4.78, 5) is 0. The van der Waals surface area contributed by atoms with Gasteiger partial charge in [-0.3, -0.25) is 0 Å². The van der Waals surface area contributed by atoms with E-state index in [-0.39, 0.29) is 39.6 Å². The molecular weight excluding hydrogens is 487 g/mol. The molecule has 0 amide bonds. The van der Waals surface area contributed by atoms with E-state index < -0.39 is 0 Å². The normalized spacial score (nSPS) is 12.1. The molecule has 7 heteroatoms. The summed E-state index contributed by atoms with van der Waals surface area (Å²) in [6.07, 6.45) is 2.98. The number of nitrogens with zero attached hydrogens (tertiary/aromatic N) is 6. The Kier molecular flexibility index (Phi) is 9.98. The van der Waals surface area contributed by atoms with Gasteiger partial charge in [0.15, 0.2) is 0 Å². The van der Waals surface area contributed by atoms with Crippen LogP contribution in [0.25, 0.3) is 0 Å². The SMILES string of the molecule is C=CC=C.Cc1cc(C(C)(C)C)nn1C(n1nc(C(C)(C)C)cc1C)n1nc(C(C)(C)C)cc1C.[Mn]. The van der Waals surface area contributed by atoms with Crippen molar-refractivity contribution in [2.24, 2.45) is 0 Å². The van der Waals surface area contributed by atoms with Crippen molar-refractivity contribution in [3.63, 3.8) is 0 Å². The van der Waals surface area contributed by atoms with E-state index in [1.165, 1.54) is 0 Å². The third kappa shape index (κ3) is 7.10. The van der Waals surface area contributed by atoms with Crippen LogP contribution in [0.3, 0.4) is 0 Å². The Morgan fingerprint density at radius 3 is 0.944 bits per heavy atom. The Balaban J connectivity index is 0.00000120. The van der Waals surface area contributed by atoms with Gasteiger partial charge in [0.2, 0.25) is 6.29 Å². The first-order valence-corrected chi connectivity index (χ1v) is 12.3. The molecule has 0 atom stereocenters. The zero-order valence-electron chi connectivity index (χ0n) is 24.4. The first-order valence-electron chi connectivity index (χ1n) is 12.3. The molecule has 3 heterocycles. The summed E-state index contributed by atoms with van der Waals surface area (Å²) in [5.74, 6) is 0. The van der Waals surface area contributed by atoms with E-state index in [0.29, 0.717) is 0 Å². The number of hydrogen-bond donors (Lipinski definition) is 0. The molecule has 3 aromatic rings.